The average Bonchev–Trinajstić information content (AvgIpc) is 2.87. The van der Waals surface area contributed by atoms with E-state index in [1.54, 1.807) is 0 Å². The van der Waals surface area contributed by atoms with Crippen LogP contribution in [0, 0.1) is 0 Å². The van der Waals surface area contributed by atoms with Crippen LogP contribution in [0.25, 0.3) is 10.7 Å². The van der Waals surface area contributed by atoms with Gasteiger partial charge in [-0.05, 0) is 43.7 Å². The van der Waals surface area contributed by atoms with Gasteiger partial charge in [0.1, 0.15) is 0 Å². The van der Waals surface area contributed by atoms with Gasteiger partial charge < -0.3 is 5.11 Å². The van der Waals surface area contributed by atoms with E-state index in [4.69, 9.17) is 5.11 Å². The first kappa shape index (κ1) is 13.3. The smallest absolute Gasteiger partial charge is 0.313 e. The van der Waals surface area contributed by atoms with E-state index in [1.165, 1.54) is 46.3 Å². The van der Waals surface area contributed by atoms with E-state index >= 15 is 0 Å². The number of aliphatic carboxylic acids is 1. The SMILES string of the molecule is O=C(O)CSc1nnc(-c2cc3c(s2)CCC3)n1C1CC1. The van der Waals surface area contributed by atoms with Crippen LogP contribution in [0.2, 0.25) is 0 Å². The van der Waals surface area contributed by atoms with Crippen molar-refractivity contribution >= 4 is 29.1 Å². The molecule has 5 nitrogen and oxygen atoms in total. The van der Waals surface area contributed by atoms with Crippen molar-refractivity contribution < 1.29 is 9.90 Å². The van der Waals surface area contributed by atoms with Gasteiger partial charge >= 0.3 is 5.97 Å². The summed E-state index contributed by atoms with van der Waals surface area (Å²) < 4.78 is 2.15. The molecule has 1 saturated carbocycles. The number of fused-ring (bicyclic) bond motifs is 1. The van der Waals surface area contributed by atoms with E-state index in [0.29, 0.717) is 6.04 Å². The molecule has 21 heavy (non-hydrogen) atoms. The maximum absolute atomic E-state index is 10.8. The lowest BCUT2D eigenvalue weighted by atomic mass is 10.2. The number of thioether (sulfide) groups is 1. The quantitative estimate of drug-likeness (QED) is 0.857. The molecule has 2 aromatic rings. The fourth-order valence-corrected chi connectivity index (χ4v) is 4.73. The second kappa shape index (κ2) is 5.14. The van der Waals surface area contributed by atoms with E-state index in [1.807, 2.05) is 11.3 Å². The molecule has 0 aromatic carbocycles. The molecular weight excluding hydrogens is 306 g/mol. The summed E-state index contributed by atoms with van der Waals surface area (Å²) in [7, 11) is 0. The molecule has 110 valence electrons. The number of rotatable bonds is 5. The minimum atomic E-state index is -0.818. The van der Waals surface area contributed by atoms with Crippen molar-refractivity contribution in [1.82, 2.24) is 14.8 Å². The van der Waals surface area contributed by atoms with E-state index in [9.17, 15) is 4.79 Å². The highest BCUT2D eigenvalue weighted by Crippen LogP contribution is 2.43. The lowest BCUT2D eigenvalue weighted by Gasteiger charge is -2.06. The summed E-state index contributed by atoms with van der Waals surface area (Å²) in [5.74, 6) is 0.137. The Morgan fingerprint density at radius 3 is 3.00 bits per heavy atom. The van der Waals surface area contributed by atoms with Crippen molar-refractivity contribution in [2.45, 2.75) is 43.3 Å². The van der Waals surface area contributed by atoms with Gasteiger partial charge in [-0.1, -0.05) is 11.8 Å². The van der Waals surface area contributed by atoms with Crippen LogP contribution in [0.4, 0.5) is 0 Å². The Morgan fingerprint density at radius 2 is 2.29 bits per heavy atom. The van der Waals surface area contributed by atoms with Crippen molar-refractivity contribution in [2.24, 2.45) is 0 Å². The second-order valence-corrected chi connectivity index (χ2v) is 7.58. The van der Waals surface area contributed by atoms with E-state index < -0.39 is 5.97 Å². The molecule has 1 N–H and O–H groups in total. The number of carboxylic acid groups (broad SMARTS) is 1. The van der Waals surface area contributed by atoms with Crippen LogP contribution in [-0.2, 0) is 17.6 Å². The lowest BCUT2D eigenvalue weighted by Crippen LogP contribution is -2.03. The first-order chi connectivity index (χ1) is 10.2. The van der Waals surface area contributed by atoms with Gasteiger partial charge in [0, 0.05) is 10.9 Å². The largest absolute Gasteiger partial charge is 0.481 e. The van der Waals surface area contributed by atoms with Gasteiger partial charge in [-0.25, -0.2) is 0 Å². The molecule has 0 radical (unpaired) electrons. The highest BCUT2D eigenvalue weighted by Gasteiger charge is 2.31. The molecule has 1 fully saturated rings. The molecule has 0 unspecified atom stereocenters. The van der Waals surface area contributed by atoms with Crippen molar-refractivity contribution in [3.63, 3.8) is 0 Å². The van der Waals surface area contributed by atoms with E-state index in [2.05, 4.69) is 20.8 Å². The Hall–Kier alpha value is -1.34. The van der Waals surface area contributed by atoms with Gasteiger partial charge in [0.25, 0.3) is 0 Å². The number of hydrogen-bond acceptors (Lipinski definition) is 5. The van der Waals surface area contributed by atoms with Gasteiger partial charge in [0.15, 0.2) is 11.0 Å². The highest BCUT2D eigenvalue weighted by atomic mass is 32.2. The number of hydrogen-bond donors (Lipinski definition) is 1. The predicted octanol–water partition coefficient (Wildman–Crippen LogP) is 3.01. The monoisotopic (exact) mass is 321 g/mol. The Balaban J connectivity index is 1.69. The minimum Gasteiger partial charge on any atom is -0.481 e. The average molecular weight is 321 g/mol. The summed E-state index contributed by atoms with van der Waals surface area (Å²) in [6.45, 7) is 0. The fourth-order valence-electron chi connectivity index (χ4n) is 2.77. The van der Waals surface area contributed by atoms with Crippen molar-refractivity contribution in [2.75, 3.05) is 5.75 Å². The lowest BCUT2D eigenvalue weighted by molar-refractivity contribution is -0.133. The molecule has 7 heteroatoms. The van der Waals surface area contributed by atoms with Crippen molar-refractivity contribution in [3.05, 3.63) is 16.5 Å². The third kappa shape index (κ3) is 2.48. The van der Waals surface area contributed by atoms with Crippen LogP contribution in [0.1, 0.15) is 35.7 Å². The standard InChI is InChI=1S/C14H15N3O2S2/c18-12(19)7-20-14-16-15-13(17(14)9-4-5-9)11-6-8-2-1-3-10(8)21-11/h6,9H,1-5,7H2,(H,18,19). The van der Waals surface area contributed by atoms with Crippen LogP contribution >= 0.6 is 23.1 Å². The first-order valence-electron chi connectivity index (χ1n) is 7.14. The van der Waals surface area contributed by atoms with Gasteiger partial charge in [0.2, 0.25) is 0 Å². The van der Waals surface area contributed by atoms with Crippen molar-refractivity contribution in [3.8, 4) is 10.7 Å². The Morgan fingerprint density at radius 1 is 1.43 bits per heavy atom. The van der Waals surface area contributed by atoms with Crippen LogP contribution in [-0.4, -0.2) is 31.6 Å². The third-order valence-electron chi connectivity index (χ3n) is 3.87. The number of thiophene rings is 1. The number of nitrogens with zero attached hydrogens (tertiary/aromatic N) is 3. The Kier molecular flexibility index (Phi) is 3.26. The third-order valence-corrected chi connectivity index (χ3v) is 6.03. The number of aryl methyl sites for hydroxylation is 2. The summed E-state index contributed by atoms with van der Waals surface area (Å²) in [5.41, 5.74) is 1.46. The summed E-state index contributed by atoms with van der Waals surface area (Å²) in [5, 5.41) is 18.2. The van der Waals surface area contributed by atoms with Gasteiger partial charge in [-0.2, -0.15) is 0 Å². The summed E-state index contributed by atoms with van der Waals surface area (Å²) in [6.07, 6.45) is 5.88. The molecule has 2 aliphatic rings. The zero-order valence-corrected chi connectivity index (χ0v) is 13.0. The molecule has 0 saturated heterocycles. The zero-order valence-electron chi connectivity index (χ0n) is 11.4. The topological polar surface area (TPSA) is 68.0 Å². The number of aromatic nitrogens is 3. The molecular formula is C14H15N3O2S2. The molecule has 0 atom stereocenters. The van der Waals surface area contributed by atoms with Crippen LogP contribution in [0.15, 0.2) is 11.2 Å². The number of carboxylic acids is 1. The molecule has 4 rings (SSSR count). The molecule has 0 bridgehead atoms. The Labute approximate surface area is 130 Å². The van der Waals surface area contributed by atoms with Gasteiger partial charge in [0.05, 0.1) is 10.6 Å². The molecule has 0 aliphatic heterocycles. The normalized spacial score (nSPS) is 17.1. The fraction of sp³-hybridized carbons (Fsp3) is 0.500. The summed E-state index contributed by atoms with van der Waals surface area (Å²) in [4.78, 5) is 13.4. The van der Waals surface area contributed by atoms with Crippen LogP contribution in [0.3, 0.4) is 0 Å². The molecule has 0 spiro atoms. The highest BCUT2D eigenvalue weighted by molar-refractivity contribution is 7.99. The van der Waals surface area contributed by atoms with E-state index in [0.717, 1.165) is 23.8 Å². The molecule has 2 heterocycles. The van der Waals surface area contributed by atoms with Crippen LogP contribution < -0.4 is 0 Å². The van der Waals surface area contributed by atoms with Crippen molar-refractivity contribution in [1.29, 1.82) is 0 Å². The van der Waals surface area contributed by atoms with Crippen LogP contribution in [0.5, 0.6) is 0 Å². The first-order valence-corrected chi connectivity index (χ1v) is 8.94. The van der Waals surface area contributed by atoms with E-state index in [-0.39, 0.29) is 5.75 Å². The van der Waals surface area contributed by atoms with Gasteiger partial charge in [-0.3, -0.25) is 9.36 Å². The minimum absolute atomic E-state index is 0.0335. The molecule has 0 amide bonds. The van der Waals surface area contributed by atoms with Gasteiger partial charge in [-0.15, -0.1) is 21.5 Å². The molecule has 2 aliphatic carbocycles. The maximum Gasteiger partial charge on any atom is 0.313 e. The Bertz CT molecular complexity index is 682. The zero-order chi connectivity index (χ0) is 14.4. The summed E-state index contributed by atoms with van der Waals surface area (Å²) >= 11 is 3.09. The molecule has 2 aromatic heterocycles. The second-order valence-electron chi connectivity index (χ2n) is 5.50. The predicted molar refractivity (Wildman–Crippen MR) is 82.0 cm³/mol. The number of carbonyl (C=O) groups is 1. The summed E-state index contributed by atoms with van der Waals surface area (Å²) in [6, 6.07) is 2.70. The maximum atomic E-state index is 10.8.